The van der Waals surface area contributed by atoms with Gasteiger partial charge in [0.1, 0.15) is 0 Å². The summed E-state index contributed by atoms with van der Waals surface area (Å²) in [4.78, 5) is 0. The van der Waals surface area contributed by atoms with E-state index in [2.05, 4.69) is 0 Å². The van der Waals surface area contributed by atoms with Crippen molar-refractivity contribution in [1.29, 1.82) is 0 Å². The molecular weight excluding hydrogens is 246 g/mol. The first kappa shape index (κ1) is 13.5. The van der Waals surface area contributed by atoms with Gasteiger partial charge in [-0.2, -0.15) is 0 Å². The average molecular weight is 262 g/mol. The molecule has 0 saturated carbocycles. The summed E-state index contributed by atoms with van der Waals surface area (Å²) in [6.45, 7) is 1.88. The topological polar surface area (TPSA) is 60.2 Å². The van der Waals surface area contributed by atoms with Gasteiger partial charge in [0.05, 0.1) is 11.5 Å². The molecular formula is C11H16ClNO2S. The zero-order valence-electron chi connectivity index (χ0n) is 9.19. The van der Waals surface area contributed by atoms with Crippen molar-refractivity contribution < 1.29 is 8.42 Å². The normalized spacial score (nSPS) is 13.7. The molecule has 16 heavy (non-hydrogen) atoms. The average Bonchev–Trinajstić information content (AvgIpc) is 2.20. The molecule has 0 fully saturated rings. The summed E-state index contributed by atoms with van der Waals surface area (Å²) in [6.07, 6.45) is 0.667. The Hall–Kier alpha value is -0.580. The van der Waals surface area contributed by atoms with Crippen LogP contribution in [0.15, 0.2) is 24.3 Å². The van der Waals surface area contributed by atoms with Crippen LogP contribution in [0.2, 0.25) is 5.02 Å². The molecule has 0 aliphatic carbocycles. The van der Waals surface area contributed by atoms with Crippen molar-refractivity contribution in [3.63, 3.8) is 0 Å². The molecule has 5 heteroatoms. The fourth-order valence-electron chi connectivity index (χ4n) is 1.34. The molecule has 3 nitrogen and oxygen atoms in total. The highest BCUT2D eigenvalue weighted by Crippen LogP contribution is 2.13. The fourth-order valence-corrected chi connectivity index (χ4v) is 3.17. The van der Waals surface area contributed by atoms with Gasteiger partial charge in [0, 0.05) is 11.1 Å². The Balaban J connectivity index is 2.69. The smallest absolute Gasteiger partial charge is 0.155 e. The summed E-state index contributed by atoms with van der Waals surface area (Å²) >= 11 is 5.72. The molecule has 1 atom stereocenters. The lowest BCUT2D eigenvalue weighted by Crippen LogP contribution is -2.29. The highest BCUT2D eigenvalue weighted by atomic mass is 35.5. The minimum absolute atomic E-state index is 0.0257. The number of hydrogen-bond acceptors (Lipinski definition) is 3. The van der Waals surface area contributed by atoms with Crippen LogP contribution in [0.3, 0.4) is 0 Å². The Bertz CT molecular complexity index is 428. The minimum Gasteiger partial charge on any atom is -0.327 e. The Kier molecular flexibility index (Phi) is 4.77. The van der Waals surface area contributed by atoms with E-state index in [1.54, 1.807) is 24.3 Å². The van der Waals surface area contributed by atoms with E-state index in [0.29, 0.717) is 11.4 Å². The van der Waals surface area contributed by atoms with Crippen molar-refractivity contribution in [3.8, 4) is 0 Å². The van der Waals surface area contributed by atoms with Crippen LogP contribution in [0.5, 0.6) is 0 Å². The van der Waals surface area contributed by atoms with Gasteiger partial charge in [-0.15, -0.1) is 0 Å². The summed E-state index contributed by atoms with van der Waals surface area (Å²) in [5, 5.41) is 0.603. The van der Waals surface area contributed by atoms with Gasteiger partial charge in [-0.05, 0) is 24.1 Å². The summed E-state index contributed by atoms with van der Waals surface area (Å²) in [7, 11) is -3.13. The Morgan fingerprint density at radius 1 is 1.31 bits per heavy atom. The molecule has 1 rings (SSSR count). The Morgan fingerprint density at radius 3 is 2.38 bits per heavy atom. The molecule has 0 amide bonds. The molecule has 1 aromatic carbocycles. The predicted octanol–water partition coefficient (Wildman–Crippen LogP) is 1.99. The van der Waals surface area contributed by atoms with Gasteiger partial charge < -0.3 is 5.73 Å². The third-order valence-corrected chi connectivity index (χ3v) is 4.25. The van der Waals surface area contributed by atoms with E-state index in [0.717, 1.165) is 5.56 Å². The minimum atomic E-state index is -3.13. The molecule has 90 valence electrons. The summed E-state index contributed by atoms with van der Waals surface area (Å²) in [5.41, 5.74) is 6.38. The van der Waals surface area contributed by atoms with E-state index < -0.39 is 9.84 Å². The van der Waals surface area contributed by atoms with Crippen LogP contribution in [-0.2, 0) is 15.6 Å². The molecule has 0 aromatic heterocycles. The van der Waals surface area contributed by atoms with Crippen molar-refractivity contribution in [2.24, 2.45) is 5.73 Å². The first-order valence-electron chi connectivity index (χ1n) is 5.13. The fraction of sp³-hybridized carbons (Fsp3) is 0.455. The maximum atomic E-state index is 11.7. The van der Waals surface area contributed by atoms with Gasteiger partial charge in [-0.1, -0.05) is 30.7 Å². The lowest BCUT2D eigenvalue weighted by Gasteiger charge is -2.09. The number of rotatable bonds is 5. The first-order chi connectivity index (χ1) is 7.43. The van der Waals surface area contributed by atoms with Crippen LogP contribution in [-0.4, -0.2) is 20.2 Å². The van der Waals surface area contributed by atoms with E-state index in [1.165, 1.54) is 0 Å². The summed E-state index contributed by atoms with van der Waals surface area (Å²) in [5.74, 6) is 0.0595. The van der Waals surface area contributed by atoms with Crippen molar-refractivity contribution in [3.05, 3.63) is 34.9 Å². The van der Waals surface area contributed by atoms with Gasteiger partial charge >= 0.3 is 0 Å². The number of sulfone groups is 1. The first-order valence-corrected chi connectivity index (χ1v) is 7.33. The molecule has 0 saturated heterocycles. The van der Waals surface area contributed by atoms with Crippen LogP contribution in [0, 0.1) is 0 Å². The van der Waals surface area contributed by atoms with Crippen LogP contribution in [0.25, 0.3) is 0 Å². The van der Waals surface area contributed by atoms with E-state index in [-0.39, 0.29) is 17.5 Å². The van der Waals surface area contributed by atoms with Crippen LogP contribution >= 0.6 is 11.6 Å². The standard InChI is InChI=1S/C11H16ClNO2S/c1-2-11(13)8-16(14,15)7-9-3-5-10(12)6-4-9/h3-6,11H,2,7-8,13H2,1H3. The lowest BCUT2D eigenvalue weighted by atomic mass is 10.2. The number of nitrogens with two attached hydrogens (primary N) is 1. The van der Waals surface area contributed by atoms with E-state index in [9.17, 15) is 8.42 Å². The van der Waals surface area contributed by atoms with E-state index in [1.807, 2.05) is 6.92 Å². The third-order valence-electron chi connectivity index (χ3n) is 2.29. The molecule has 1 aromatic rings. The molecule has 0 radical (unpaired) electrons. The predicted molar refractivity (Wildman–Crippen MR) is 67.2 cm³/mol. The summed E-state index contributed by atoms with van der Waals surface area (Å²) < 4.78 is 23.5. The highest BCUT2D eigenvalue weighted by Gasteiger charge is 2.15. The van der Waals surface area contributed by atoms with Crippen molar-refractivity contribution in [1.82, 2.24) is 0 Å². The number of halogens is 1. The molecule has 1 unspecified atom stereocenters. The monoisotopic (exact) mass is 261 g/mol. The Labute approximate surface area is 102 Å². The van der Waals surface area contributed by atoms with Gasteiger partial charge in [0.25, 0.3) is 0 Å². The Morgan fingerprint density at radius 2 is 1.88 bits per heavy atom. The third kappa shape index (κ3) is 4.51. The van der Waals surface area contributed by atoms with Crippen molar-refractivity contribution in [2.45, 2.75) is 25.1 Å². The molecule has 0 heterocycles. The lowest BCUT2D eigenvalue weighted by molar-refractivity contribution is 0.583. The molecule has 0 aliphatic heterocycles. The number of benzene rings is 1. The second kappa shape index (κ2) is 5.66. The molecule has 0 spiro atoms. The maximum absolute atomic E-state index is 11.7. The second-order valence-corrected chi connectivity index (χ2v) is 6.39. The van der Waals surface area contributed by atoms with Crippen LogP contribution in [0.4, 0.5) is 0 Å². The zero-order chi connectivity index (χ0) is 12.2. The summed E-state index contributed by atoms with van der Waals surface area (Å²) in [6, 6.07) is 6.53. The van der Waals surface area contributed by atoms with Crippen LogP contribution in [0.1, 0.15) is 18.9 Å². The van der Waals surface area contributed by atoms with Gasteiger partial charge in [-0.25, -0.2) is 8.42 Å². The molecule has 0 aliphatic rings. The molecule has 0 bridgehead atoms. The van der Waals surface area contributed by atoms with E-state index >= 15 is 0 Å². The largest absolute Gasteiger partial charge is 0.327 e. The second-order valence-electron chi connectivity index (χ2n) is 3.85. The van der Waals surface area contributed by atoms with Crippen LogP contribution < -0.4 is 5.73 Å². The maximum Gasteiger partial charge on any atom is 0.155 e. The SMILES string of the molecule is CCC(N)CS(=O)(=O)Cc1ccc(Cl)cc1. The van der Waals surface area contributed by atoms with Crippen molar-refractivity contribution in [2.75, 3.05) is 5.75 Å². The van der Waals surface area contributed by atoms with Gasteiger partial charge in [0.15, 0.2) is 9.84 Å². The zero-order valence-corrected chi connectivity index (χ0v) is 10.8. The number of hydrogen-bond donors (Lipinski definition) is 1. The van der Waals surface area contributed by atoms with Gasteiger partial charge in [-0.3, -0.25) is 0 Å². The highest BCUT2D eigenvalue weighted by molar-refractivity contribution is 7.90. The van der Waals surface area contributed by atoms with E-state index in [4.69, 9.17) is 17.3 Å². The van der Waals surface area contributed by atoms with Crippen molar-refractivity contribution >= 4 is 21.4 Å². The quantitative estimate of drug-likeness (QED) is 0.882. The van der Waals surface area contributed by atoms with Gasteiger partial charge in [0.2, 0.25) is 0 Å². The molecule has 2 N–H and O–H groups in total.